The Morgan fingerprint density at radius 3 is 1.39 bits per heavy atom. The summed E-state index contributed by atoms with van der Waals surface area (Å²) in [6.45, 7) is 4.33. The Morgan fingerprint density at radius 2 is 0.964 bits per heavy atom. The van der Waals surface area contributed by atoms with Crippen molar-refractivity contribution in [2.45, 2.75) is 141 Å². The van der Waals surface area contributed by atoms with Gasteiger partial charge >= 0.3 is 51.4 Å². The van der Waals surface area contributed by atoms with Gasteiger partial charge in [-0.3, -0.25) is 0 Å². The maximum atomic E-state index is 11.4. The number of rotatable bonds is 20. The Balaban J connectivity index is 0. The van der Waals surface area contributed by atoms with Gasteiger partial charge in [-0.15, -0.1) is 0 Å². The van der Waals surface area contributed by atoms with Crippen LogP contribution in [0.15, 0.2) is 0 Å². The van der Waals surface area contributed by atoms with E-state index < -0.39 is 15.4 Å². The third-order valence-corrected chi connectivity index (χ3v) is 6.78. The summed E-state index contributed by atoms with van der Waals surface area (Å²) < 4.78 is 34.3. The average Bonchev–Trinajstić information content (AvgIpc) is 2.61. The number of aliphatic hydroxyl groups is 1. The zero-order chi connectivity index (χ0) is 20.4. The Morgan fingerprint density at radius 1 is 0.643 bits per heavy atom. The first-order valence-corrected chi connectivity index (χ1v) is 13.0. The SMILES string of the molecule is CCCCCCCC(CCCCCCCCC(O)CCCCC)S(=O)(=O)[O-].[K+]. The van der Waals surface area contributed by atoms with Crippen molar-refractivity contribution < 1.29 is 69.5 Å². The first-order chi connectivity index (χ1) is 12.9. The van der Waals surface area contributed by atoms with Gasteiger partial charge in [0.1, 0.15) is 0 Å². The molecular weight excluding hydrogens is 399 g/mol. The Bertz CT molecular complexity index is 415. The summed E-state index contributed by atoms with van der Waals surface area (Å²) in [5.74, 6) is 0. The molecule has 0 bridgehead atoms. The van der Waals surface area contributed by atoms with Crippen LogP contribution in [0.1, 0.15) is 129 Å². The van der Waals surface area contributed by atoms with Crippen molar-refractivity contribution in [1.82, 2.24) is 0 Å². The Hall–Kier alpha value is 1.51. The zero-order valence-electron chi connectivity index (χ0n) is 19.0. The minimum absolute atomic E-state index is 0. The number of hydrogen-bond donors (Lipinski definition) is 1. The fourth-order valence-corrected chi connectivity index (χ4v) is 4.55. The molecule has 6 heteroatoms. The van der Waals surface area contributed by atoms with Gasteiger partial charge in [-0.05, 0) is 25.7 Å². The molecule has 0 aromatic carbocycles. The molecule has 0 amide bonds. The quantitative estimate of drug-likeness (QED) is 0.177. The third-order valence-electron chi connectivity index (χ3n) is 5.49. The molecular formula is C22H45KO4S. The summed E-state index contributed by atoms with van der Waals surface area (Å²) in [5, 5.41) is 9.20. The molecule has 0 saturated heterocycles. The maximum absolute atomic E-state index is 11.4. The van der Waals surface area contributed by atoms with Crippen LogP contribution >= 0.6 is 0 Å². The molecule has 164 valence electrons. The van der Waals surface area contributed by atoms with Crippen LogP contribution in [0, 0.1) is 0 Å². The van der Waals surface area contributed by atoms with Crippen molar-refractivity contribution >= 4 is 10.1 Å². The molecule has 0 spiro atoms. The molecule has 0 rings (SSSR count). The minimum Gasteiger partial charge on any atom is -0.748 e. The van der Waals surface area contributed by atoms with Gasteiger partial charge in [0.05, 0.1) is 16.2 Å². The normalized spacial score (nSPS) is 13.9. The van der Waals surface area contributed by atoms with E-state index in [2.05, 4.69) is 13.8 Å². The second kappa shape index (κ2) is 21.7. The van der Waals surface area contributed by atoms with Crippen LogP contribution in [0.4, 0.5) is 0 Å². The van der Waals surface area contributed by atoms with Gasteiger partial charge in [0.2, 0.25) is 0 Å². The molecule has 0 radical (unpaired) electrons. The van der Waals surface area contributed by atoms with Gasteiger partial charge in [-0.25, -0.2) is 8.42 Å². The molecule has 0 aliphatic rings. The van der Waals surface area contributed by atoms with Gasteiger partial charge < -0.3 is 9.66 Å². The third kappa shape index (κ3) is 20.8. The van der Waals surface area contributed by atoms with Gasteiger partial charge in [0, 0.05) is 5.25 Å². The predicted octanol–water partition coefficient (Wildman–Crippen LogP) is 3.33. The molecule has 28 heavy (non-hydrogen) atoms. The summed E-state index contributed by atoms with van der Waals surface area (Å²) in [5.41, 5.74) is 0. The van der Waals surface area contributed by atoms with Crippen molar-refractivity contribution in [2.75, 3.05) is 0 Å². The van der Waals surface area contributed by atoms with Crippen molar-refractivity contribution in [1.29, 1.82) is 0 Å². The van der Waals surface area contributed by atoms with Crippen LogP contribution in [0.25, 0.3) is 0 Å². The van der Waals surface area contributed by atoms with Crippen LogP contribution in [0.5, 0.6) is 0 Å². The first kappa shape index (κ1) is 31.7. The van der Waals surface area contributed by atoms with E-state index in [4.69, 9.17) is 0 Å². The fourth-order valence-electron chi connectivity index (χ4n) is 3.64. The van der Waals surface area contributed by atoms with E-state index in [1.807, 2.05) is 0 Å². The Labute approximate surface area is 218 Å². The molecule has 2 unspecified atom stereocenters. The van der Waals surface area contributed by atoms with Crippen molar-refractivity contribution in [3.8, 4) is 0 Å². The summed E-state index contributed by atoms with van der Waals surface area (Å²) in [4.78, 5) is 0. The van der Waals surface area contributed by atoms with Gasteiger partial charge in [0.25, 0.3) is 0 Å². The van der Waals surface area contributed by atoms with Crippen LogP contribution < -0.4 is 51.4 Å². The summed E-state index contributed by atoms with van der Waals surface area (Å²) in [6, 6.07) is 0. The smallest absolute Gasteiger partial charge is 0.748 e. The molecule has 0 fully saturated rings. The molecule has 2 atom stereocenters. The van der Waals surface area contributed by atoms with E-state index in [1.54, 1.807) is 0 Å². The zero-order valence-corrected chi connectivity index (χ0v) is 22.9. The fraction of sp³-hybridized carbons (Fsp3) is 1.00. The second-order valence-corrected chi connectivity index (χ2v) is 9.82. The molecule has 0 aromatic rings. The van der Waals surface area contributed by atoms with Gasteiger partial charge in [-0.2, -0.15) is 0 Å². The standard InChI is InChI=1S/C22H46O4S.K/c1-3-5-7-10-15-19-22(27(24,25)26)20-16-12-9-8-11-14-18-21(23)17-13-6-4-2;/h21-23H,3-20H2,1-2H3,(H,24,25,26);/q;+1/p-1. The van der Waals surface area contributed by atoms with Crippen molar-refractivity contribution in [3.05, 3.63) is 0 Å². The van der Waals surface area contributed by atoms with E-state index >= 15 is 0 Å². The van der Waals surface area contributed by atoms with E-state index in [0.29, 0.717) is 12.8 Å². The van der Waals surface area contributed by atoms with E-state index in [0.717, 1.165) is 77.0 Å². The van der Waals surface area contributed by atoms with Crippen molar-refractivity contribution in [2.24, 2.45) is 0 Å². The monoisotopic (exact) mass is 444 g/mol. The van der Waals surface area contributed by atoms with Crippen molar-refractivity contribution in [3.63, 3.8) is 0 Å². The van der Waals surface area contributed by atoms with E-state index in [-0.39, 0.29) is 57.5 Å². The topological polar surface area (TPSA) is 77.4 Å². The van der Waals surface area contributed by atoms with E-state index in [1.165, 1.54) is 25.7 Å². The van der Waals surface area contributed by atoms with Gasteiger partial charge in [-0.1, -0.05) is 104 Å². The Kier molecular flexibility index (Phi) is 24.6. The summed E-state index contributed by atoms with van der Waals surface area (Å²) in [6.07, 6.45) is 17.9. The predicted molar refractivity (Wildman–Crippen MR) is 114 cm³/mol. The summed E-state index contributed by atoms with van der Waals surface area (Å²) in [7, 11) is -4.16. The average molecular weight is 445 g/mol. The molecule has 0 aromatic heterocycles. The van der Waals surface area contributed by atoms with Gasteiger partial charge in [0.15, 0.2) is 0 Å². The molecule has 1 N–H and O–H groups in total. The minimum atomic E-state index is -4.16. The number of aliphatic hydroxyl groups excluding tert-OH is 1. The molecule has 4 nitrogen and oxygen atoms in total. The van der Waals surface area contributed by atoms with Crippen LogP contribution in [0.2, 0.25) is 0 Å². The molecule has 0 aliphatic heterocycles. The second-order valence-electron chi connectivity index (χ2n) is 8.17. The van der Waals surface area contributed by atoms with Crippen LogP contribution in [0.3, 0.4) is 0 Å². The van der Waals surface area contributed by atoms with Crippen LogP contribution in [-0.4, -0.2) is 29.4 Å². The molecule has 0 heterocycles. The largest absolute Gasteiger partial charge is 1.00 e. The molecule has 0 aliphatic carbocycles. The van der Waals surface area contributed by atoms with E-state index in [9.17, 15) is 18.1 Å². The molecule has 0 saturated carbocycles. The summed E-state index contributed by atoms with van der Waals surface area (Å²) >= 11 is 0. The maximum Gasteiger partial charge on any atom is 1.00 e. The number of hydrogen-bond acceptors (Lipinski definition) is 4. The first-order valence-electron chi connectivity index (χ1n) is 11.5. The van der Waals surface area contributed by atoms with Crippen LogP contribution in [-0.2, 0) is 10.1 Å². The number of unbranched alkanes of at least 4 members (excludes halogenated alkanes) is 11.